The molecule has 1 nitrogen and oxygen atoms in total. The van der Waals surface area contributed by atoms with Gasteiger partial charge in [0.05, 0.1) is 6.10 Å². The van der Waals surface area contributed by atoms with E-state index in [9.17, 15) is 5.11 Å². The third-order valence-corrected chi connectivity index (χ3v) is 2.08. The highest BCUT2D eigenvalue weighted by Crippen LogP contribution is 2.27. The molecule has 0 saturated carbocycles. The Morgan fingerprint density at radius 3 is 3.00 bits per heavy atom. The second kappa shape index (κ2) is 2.67. The Balaban J connectivity index is 2.44. The molecule has 0 amide bonds. The lowest BCUT2D eigenvalue weighted by Crippen LogP contribution is -2.08. The van der Waals surface area contributed by atoms with Gasteiger partial charge in [0.1, 0.15) is 0 Å². The Labute approximate surface area is 66.7 Å². The number of aryl methyl sites for hydroxylation is 1. The minimum atomic E-state index is -0.458. The van der Waals surface area contributed by atoms with Crippen LogP contribution in [-0.4, -0.2) is 5.11 Å². The fourth-order valence-electron chi connectivity index (χ4n) is 1.48. The Morgan fingerprint density at radius 2 is 2.18 bits per heavy atom. The summed E-state index contributed by atoms with van der Waals surface area (Å²) in [6.45, 7) is 0. The monoisotopic (exact) mass is 146 g/mol. The van der Waals surface area contributed by atoms with Gasteiger partial charge in [-0.1, -0.05) is 24.3 Å². The molecule has 0 fully saturated rings. The lowest BCUT2D eigenvalue weighted by atomic mass is 9.90. The van der Waals surface area contributed by atoms with Crippen LogP contribution in [0.1, 0.15) is 23.7 Å². The zero-order valence-corrected chi connectivity index (χ0v) is 6.25. The summed E-state index contributed by atoms with van der Waals surface area (Å²) >= 11 is 0. The first-order valence-corrected chi connectivity index (χ1v) is 3.87. The summed E-state index contributed by atoms with van der Waals surface area (Å²) in [5.74, 6) is 0. The van der Waals surface area contributed by atoms with Crippen LogP contribution in [0.4, 0.5) is 0 Å². The summed E-state index contributed by atoms with van der Waals surface area (Å²) in [7, 11) is 0. The Morgan fingerprint density at radius 1 is 1.36 bits per heavy atom. The molecule has 1 unspecified atom stereocenters. The van der Waals surface area contributed by atoms with Crippen LogP contribution in [0.15, 0.2) is 24.3 Å². The molecule has 1 aromatic rings. The lowest BCUT2D eigenvalue weighted by Gasteiger charge is -2.19. The van der Waals surface area contributed by atoms with Crippen molar-refractivity contribution >= 4 is 0 Å². The molecule has 1 aromatic carbocycles. The maximum Gasteiger partial charge on any atom is 0.0862 e. The van der Waals surface area contributed by atoms with E-state index in [1.807, 2.05) is 18.2 Å². The van der Waals surface area contributed by atoms with E-state index in [2.05, 4.69) is 12.5 Å². The molecule has 1 aliphatic carbocycles. The van der Waals surface area contributed by atoms with Crippen LogP contribution in [0, 0.1) is 6.42 Å². The van der Waals surface area contributed by atoms with Crippen LogP contribution in [0.2, 0.25) is 0 Å². The molecule has 0 aromatic heterocycles. The van der Waals surface area contributed by atoms with Crippen LogP contribution >= 0.6 is 0 Å². The second-order valence-electron chi connectivity index (χ2n) is 2.81. The molecule has 1 atom stereocenters. The summed E-state index contributed by atoms with van der Waals surface area (Å²) in [4.78, 5) is 0. The van der Waals surface area contributed by atoms with Crippen LogP contribution in [0.25, 0.3) is 0 Å². The fourth-order valence-corrected chi connectivity index (χ4v) is 1.48. The zero-order chi connectivity index (χ0) is 7.68. The number of fused-ring (bicyclic) bond motifs is 1. The predicted octanol–water partition coefficient (Wildman–Crippen LogP) is 1.75. The summed E-state index contributed by atoms with van der Waals surface area (Å²) in [5, 5.41) is 9.45. The highest BCUT2D eigenvalue weighted by atomic mass is 16.3. The van der Waals surface area contributed by atoms with Gasteiger partial charge in [0, 0.05) is 6.42 Å². The Bertz CT molecular complexity index is 255. The van der Waals surface area contributed by atoms with Gasteiger partial charge in [-0.3, -0.25) is 0 Å². The van der Waals surface area contributed by atoms with E-state index in [0.29, 0.717) is 0 Å². The molecule has 56 valence electrons. The first-order valence-electron chi connectivity index (χ1n) is 3.87. The maximum atomic E-state index is 9.45. The number of rotatable bonds is 0. The molecule has 0 spiro atoms. The highest BCUT2D eigenvalue weighted by molar-refractivity contribution is 5.33. The minimum Gasteiger partial charge on any atom is -0.388 e. The van der Waals surface area contributed by atoms with Crippen LogP contribution < -0.4 is 0 Å². The summed E-state index contributed by atoms with van der Waals surface area (Å²) in [5.41, 5.74) is 2.29. The highest BCUT2D eigenvalue weighted by Gasteiger charge is 2.16. The van der Waals surface area contributed by atoms with Crippen molar-refractivity contribution in [2.24, 2.45) is 0 Å². The predicted molar refractivity (Wildman–Crippen MR) is 43.0 cm³/mol. The molecule has 2 radical (unpaired) electrons. The van der Waals surface area contributed by atoms with Gasteiger partial charge in [0.25, 0.3) is 0 Å². The Kier molecular flexibility index (Phi) is 1.66. The number of hydrogen-bond donors (Lipinski definition) is 1. The summed E-state index contributed by atoms with van der Waals surface area (Å²) < 4.78 is 0. The normalized spacial score (nSPS) is 22.8. The molecule has 0 bridgehead atoms. The van der Waals surface area contributed by atoms with Crippen molar-refractivity contribution in [2.45, 2.75) is 18.9 Å². The van der Waals surface area contributed by atoms with E-state index in [-0.39, 0.29) is 0 Å². The van der Waals surface area contributed by atoms with E-state index in [0.717, 1.165) is 18.4 Å². The van der Waals surface area contributed by atoms with Crippen molar-refractivity contribution in [3.8, 4) is 0 Å². The number of aliphatic hydroxyl groups excluding tert-OH is 1. The fraction of sp³-hybridized carbons (Fsp3) is 0.300. The van der Waals surface area contributed by atoms with Crippen molar-refractivity contribution in [3.05, 3.63) is 41.8 Å². The quantitative estimate of drug-likeness (QED) is 0.591. The van der Waals surface area contributed by atoms with Crippen molar-refractivity contribution in [3.63, 3.8) is 0 Å². The molecular weight excluding hydrogens is 136 g/mol. The van der Waals surface area contributed by atoms with Gasteiger partial charge >= 0.3 is 0 Å². The van der Waals surface area contributed by atoms with Gasteiger partial charge in [-0.15, -0.1) is 0 Å². The van der Waals surface area contributed by atoms with Crippen molar-refractivity contribution in [1.29, 1.82) is 0 Å². The summed E-state index contributed by atoms with van der Waals surface area (Å²) in [6.07, 6.45) is 4.43. The first-order chi connectivity index (χ1) is 5.38. The van der Waals surface area contributed by atoms with Gasteiger partial charge in [0.15, 0.2) is 0 Å². The van der Waals surface area contributed by atoms with Crippen LogP contribution in [0.3, 0.4) is 0 Å². The third kappa shape index (κ3) is 1.16. The maximum absolute atomic E-state index is 9.45. The molecule has 1 N–H and O–H groups in total. The molecule has 0 heterocycles. The standard InChI is InChI=1S/C10H10O/c11-10-7-3-5-8-4-1-2-6-9(8)10/h1-2,4,6,10-11H,3,5H2. The number of benzene rings is 1. The smallest absolute Gasteiger partial charge is 0.0862 e. The van der Waals surface area contributed by atoms with Gasteiger partial charge < -0.3 is 5.11 Å². The van der Waals surface area contributed by atoms with Gasteiger partial charge in [-0.05, 0) is 24.0 Å². The van der Waals surface area contributed by atoms with Crippen LogP contribution in [0.5, 0.6) is 0 Å². The van der Waals surface area contributed by atoms with Crippen molar-refractivity contribution < 1.29 is 5.11 Å². The molecule has 1 heteroatoms. The van der Waals surface area contributed by atoms with Crippen molar-refractivity contribution in [1.82, 2.24) is 0 Å². The molecule has 0 saturated heterocycles. The van der Waals surface area contributed by atoms with Gasteiger partial charge in [-0.2, -0.15) is 0 Å². The van der Waals surface area contributed by atoms with Gasteiger partial charge in [-0.25, -0.2) is 0 Å². The molecule has 1 aliphatic rings. The van der Waals surface area contributed by atoms with Crippen LogP contribution in [-0.2, 0) is 6.42 Å². The van der Waals surface area contributed by atoms with E-state index in [1.165, 1.54) is 5.56 Å². The molecule has 2 rings (SSSR count). The number of hydrogen-bond acceptors (Lipinski definition) is 1. The zero-order valence-electron chi connectivity index (χ0n) is 6.25. The number of aliphatic hydroxyl groups is 1. The van der Waals surface area contributed by atoms with Gasteiger partial charge in [0.2, 0.25) is 0 Å². The van der Waals surface area contributed by atoms with E-state index in [4.69, 9.17) is 0 Å². The molecular formula is C10H10O. The summed E-state index contributed by atoms with van der Waals surface area (Å²) in [6, 6.07) is 8.00. The topological polar surface area (TPSA) is 20.2 Å². The third-order valence-electron chi connectivity index (χ3n) is 2.08. The average molecular weight is 146 g/mol. The van der Waals surface area contributed by atoms with E-state index in [1.54, 1.807) is 0 Å². The largest absolute Gasteiger partial charge is 0.388 e. The minimum absolute atomic E-state index is 0.458. The Hall–Kier alpha value is -0.820. The second-order valence-corrected chi connectivity index (χ2v) is 2.81. The van der Waals surface area contributed by atoms with E-state index < -0.39 is 6.10 Å². The van der Waals surface area contributed by atoms with E-state index >= 15 is 0 Å². The molecule has 0 aliphatic heterocycles. The average Bonchev–Trinajstić information content (AvgIpc) is 2.06. The SMILES string of the molecule is OC1[C]CCc2ccccc21. The van der Waals surface area contributed by atoms with Crippen molar-refractivity contribution in [2.75, 3.05) is 0 Å². The molecule has 11 heavy (non-hydrogen) atoms. The lowest BCUT2D eigenvalue weighted by molar-refractivity contribution is 0.200. The first kappa shape index (κ1) is 6.86.